The van der Waals surface area contributed by atoms with Crippen LogP contribution in [-0.2, 0) is 0 Å². The molecule has 5 nitrogen and oxygen atoms in total. The smallest absolute Gasteiger partial charge is 0.160 e. The standard InChI is InChI=1S/C37H23N5/c1-2-10-26(11-3-1)37-41-30-15-7-6-14-29(30)36(42-37)28-13-5-4-12-27(28)31-21-19-24-17-18-25-20-22-33(32-16-8-9-23-38-32)40-35(25)34(24)39-31/h1-23H. The molecule has 0 saturated carbocycles. The van der Waals surface area contributed by atoms with Crippen molar-refractivity contribution in [1.29, 1.82) is 0 Å². The minimum atomic E-state index is 0.697. The fraction of sp³-hybridized carbons (Fsp3) is 0. The quantitative estimate of drug-likeness (QED) is 0.210. The molecule has 0 aliphatic carbocycles. The summed E-state index contributed by atoms with van der Waals surface area (Å²) in [7, 11) is 0. The number of fused-ring (bicyclic) bond motifs is 4. The van der Waals surface area contributed by atoms with Crippen LogP contribution in [-0.4, -0.2) is 24.9 Å². The van der Waals surface area contributed by atoms with Crippen LogP contribution in [0.4, 0.5) is 0 Å². The molecule has 0 bridgehead atoms. The van der Waals surface area contributed by atoms with Gasteiger partial charge in [0.2, 0.25) is 0 Å². The van der Waals surface area contributed by atoms with Gasteiger partial charge in [0.1, 0.15) is 0 Å². The highest BCUT2D eigenvalue weighted by atomic mass is 14.9. The van der Waals surface area contributed by atoms with Gasteiger partial charge in [-0.15, -0.1) is 0 Å². The summed E-state index contributed by atoms with van der Waals surface area (Å²) in [5.74, 6) is 0.697. The topological polar surface area (TPSA) is 64.5 Å². The van der Waals surface area contributed by atoms with E-state index in [1.54, 1.807) is 6.20 Å². The minimum Gasteiger partial charge on any atom is -0.255 e. The van der Waals surface area contributed by atoms with Crippen molar-refractivity contribution in [2.45, 2.75) is 0 Å². The zero-order valence-corrected chi connectivity index (χ0v) is 22.5. The number of nitrogens with zero attached hydrogens (tertiary/aromatic N) is 5. The van der Waals surface area contributed by atoms with Gasteiger partial charge in [-0.25, -0.2) is 19.9 Å². The van der Waals surface area contributed by atoms with Crippen LogP contribution >= 0.6 is 0 Å². The van der Waals surface area contributed by atoms with E-state index in [4.69, 9.17) is 19.9 Å². The van der Waals surface area contributed by atoms with E-state index < -0.39 is 0 Å². The Kier molecular flexibility index (Phi) is 5.71. The molecular formula is C37H23N5. The van der Waals surface area contributed by atoms with E-state index in [0.29, 0.717) is 5.82 Å². The van der Waals surface area contributed by atoms with Crippen molar-refractivity contribution in [3.63, 3.8) is 0 Å². The maximum atomic E-state index is 5.23. The summed E-state index contributed by atoms with van der Waals surface area (Å²) in [4.78, 5) is 24.8. The summed E-state index contributed by atoms with van der Waals surface area (Å²) in [6, 6.07) is 45.0. The van der Waals surface area contributed by atoms with Gasteiger partial charge in [0, 0.05) is 39.0 Å². The molecule has 5 heteroatoms. The Bertz CT molecular complexity index is 2250. The zero-order valence-electron chi connectivity index (χ0n) is 22.5. The largest absolute Gasteiger partial charge is 0.255 e. The summed E-state index contributed by atoms with van der Waals surface area (Å²) < 4.78 is 0. The lowest BCUT2D eigenvalue weighted by atomic mass is 9.97. The zero-order chi connectivity index (χ0) is 27.9. The average Bonchev–Trinajstić information content (AvgIpc) is 3.08. The molecule has 0 amide bonds. The monoisotopic (exact) mass is 537 g/mol. The number of hydrogen-bond acceptors (Lipinski definition) is 5. The van der Waals surface area contributed by atoms with E-state index in [9.17, 15) is 0 Å². The van der Waals surface area contributed by atoms with Gasteiger partial charge in [-0.05, 0) is 30.3 Å². The van der Waals surface area contributed by atoms with Gasteiger partial charge in [-0.3, -0.25) is 4.98 Å². The summed E-state index contributed by atoms with van der Waals surface area (Å²) in [6.07, 6.45) is 1.79. The Morgan fingerprint density at radius 2 is 1.05 bits per heavy atom. The molecule has 0 atom stereocenters. The van der Waals surface area contributed by atoms with E-state index in [0.717, 1.165) is 72.2 Å². The van der Waals surface area contributed by atoms with Crippen LogP contribution in [0.5, 0.6) is 0 Å². The number of para-hydroxylation sites is 1. The number of rotatable bonds is 4. The predicted molar refractivity (Wildman–Crippen MR) is 170 cm³/mol. The van der Waals surface area contributed by atoms with Crippen molar-refractivity contribution in [1.82, 2.24) is 24.9 Å². The fourth-order valence-corrected chi connectivity index (χ4v) is 5.49. The van der Waals surface area contributed by atoms with Crippen molar-refractivity contribution in [3.05, 3.63) is 140 Å². The first-order valence-electron chi connectivity index (χ1n) is 13.9. The number of pyridine rings is 3. The molecule has 0 spiro atoms. The van der Waals surface area contributed by atoms with Gasteiger partial charge < -0.3 is 0 Å². The van der Waals surface area contributed by atoms with Gasteiger partial charge in [0.25, 0.3) is 0 Å². The van der Waals surface area contributed by atoms with Crippen molar-refractivity contribution >= 4 is 32.7 Å². The Balaban J connectivity index is 1.34. The molecule has 0 saturated heterocycles. The fourth-order valence-electron chi connectivity index (χ4n) is 5.49. The lowest BCUT2D eigenvalue weighted by Gasteiger charge is -2.14. The van der Waals surface area contributed by atoms with E-state index in [-0.39, 0.29) is 0 Å². The number of benzene rings is 4. The minimum absolute atomic E-state index is 0.697. The lowest BCUT2D eigenvalue weighted by molar-refractivity contribution is 1.23. The third-order valence-electron chi connectivity index (χ3n) is 7.54. The Labute approximate surface area is 242 Å². The van der Waals surface area contributed by atoms with Crippen molar-refractivity contribution in [3.8, 4) is 45.3 Å². The molecule has 8 aromatic rings. The van der Waals surface area contributed by atoms with Gasteiger partial charge in [-0.1, -0.05) is 103 Å². The van der Waals surface area contributed by atoms with Crippen LogP contribution in [0, 0.1) is 0 Å². The summed E-state index contributed by atoms with van der Waals surface area (Å²) >= 11 is 0. The van der Waals surface area contributed by atoms with E-state index in [2.05, 4.69) is 59.6 Å². The second-order valence-electron chi connectivity index (χ2n) is 10.1. The van der Waals surface area contributed by atoms with Gasteiger partial charge in [0.05, 0.1) is 39.3 Å². The molecule has 0 fully saturated rings. The first-order valence-corrected chi connectivity index (χ1v) is 13.9. The SMILES string of the molecule is c1ccc(-c2nc(-c3ccccc3-c3ccc4ccc5ccc(-c6ccccn6)nc5c4n3)c3ccccc3n2)cc1. The second-order valence-corrected chi connectivity index (χ2v) is 10.1. The molecule has 4 aromatic heterocycles. The summed E-state index contributed by atoms with van der Waals surface area (Å²) in [6.45, 7) is 0. The van der Waals surface area contributed by atoms with E-state index in [1.165, 1.54) is 0 Å². The molecule has 0 unspecified atom stereocenters. The van der Waals surface area contributed by atoms with Crippen molar-refractivity contribution in [2.75, 3.05) is 0 Å². The van der Waals surface area contributed by atoms with Crippen molar-refractivity contribution in [2.24, 2.45) is 0 Å². The number of hydrogen-bond donors (Lipinski definition) is 0. The van der Waals surface area contributed by atoms with Crippen LogP contribution < -0.4 is 0 Å². The first-order chi connectivity index (χ1) is 20.8. The van der Waals surface area contributed by atoms with Crippen molar-refractivity contribution < 1.29 is 0 Å². The highest BCUT2D eigenvalue weighted by molar-refractivity contribution is 6.05. The first kappa shape index (κ1) is 24.0. The number of aromatic nitrogens is 5. The van der Waals surface area contributed by atoms with Gasteiger partial charge in [-0.2, -0.15) is 0 Å². The molecule has 196 valence electrons. The highest BCUT2D eigenvalue weighted by Gasteiger charge is 2.16. The third-order valence-corrected chi connectivity index (χ3v) is 7.54. The maximum absolute atomic E-state index is 5.23. The molecule has 0 aliphatic rings. The normalized spacial score (nSPS) is 11.3. The Hall–Kier alpha value is -5.81. The molecule has 42 heavy (non-hydrogen) atoms. The van der Waals surface area contributed by atoms with Crippen LogP contribution in [0.1, 0.15) is 0 Å². The Morgan fingerprint density at radius 3 is 1.83 bits per heavy atom. The summed E-state index contributed by atoms with van der Waals surface area (Å²) in [5.41, 5.74) is 9.00. The van der Waals surface area contributed by atoms with Gasteiger partial charge >= 0.3 is 0 Å². The van der Waals surface area contributed by atoms with E-state index >= 15 is 0 Å². The Morgan fingerprint density at radius 1 is 0.405 bits per heavy atom. The molecule has 4 aromatic carbocycles. The van der Waals surface area contributed by atoms with Crippen LogP contribution in [0.15, 0.2) is 140 Å². The van der Waals surface area contributed by atoms with E-state index in [1.807, 2.05) is 78.9 Å². The molecule has 0 aliphatic heterocycles. The molecule has 4 heterocycles. The van der Waals surface area contributed by atoms with Crippen LogP contribution in [0.3, 0.4) is 0 Å². The molecule has 0 radical (unpaired) electrons. The predicted octanol–water partition coefficient (Wildman–Crippen LogP) is 8.79. The molecule has 8 rings (SSSR count). The summed E-state index contributed by atoms with van der Waals surface area (Å²) in [5, 5.41) is 3.07. The molecular weight excluding hydrogens is 514 g/mol. The van der Waals surface area contributed by atoms with Crippen LogP contribution in [0.2, 0.25) is 0 Å². The highest BCUT2D eigenvalue weighted by Crippen LogP contribution is 2.36. The third kappa shape index (κ3) is 4.16. The van der Waals surface area contributed by atoms with Gasteiger partial charge in [0.15, 0.2) is 5.82 Å². The maximum Gasteiger partial charge on any atom is 0.160 e. The second kappa shape index (κ2) is 9.98. The average molecular weight is 538 g/mol. The van der Waals surface area contributed by atoms with Crippen LogP contribution in [0.25, 0.3) is 78.0 Å². The molecule has 0 N–H and O–H groups in total. The lowest BCUT2D eigenvalue weighted by Crippen LogP contribution is -1.97.